The summed E-state index contributed by atoms with van der Waals surface area (Å²) in [6.45, 7) is 5.56. The number of carbonyl (C=O) groups excluding carboxylic acids is 1. The van der Waals surface area contributed by atoms with E-state index < -0.39 is 29.4 Å². The molecule has 2 aliphatic rings. The molecular formula is C30H35FN2O9. The maximum atomic E-state index is 13.9. The zero-order chi connectivity index (χ0) is 30.4. The molecule has 12 heteroatoms. The highest BCUT2D eigenvalue weighted by Crippen LogP contribution is 2.49. The van der Waals surface area contributed by atoms with Gasteiger partial charge >= 0.3 is 17.9 Å². The zero-order valence-electron chi connectivity index (χ0n) is 23.7. The van der Waals surface area contributed by atoms with Crippen LogP contribution in [0.15, 0.2) is 48.0 Å². The fourth-order valence-electron chi connectivity index (χ4n) is 5.72. The number of hydroxylamine groups is 1. The summed E-state index contributed by atoms with van der Waals surface area (Å²) in [5, 5.41) is 19.4. The second-order valence-corrected chi connectivity index (χ2v) is 10.3. The summed E-state index contributed by atoms with van der Waals surface area (Å²) in [4.78, 5) is 42.9. The van der Waals surface area contributed by atoms with Crippen LogP contribution >= 0.6 is 0 Å². The number of carbonyl (C=O) groups is 3. The summed E-state index contributed by atoms with van der Waals surface area (Å²) < 4.78 is 30.5. The second kappa shape index (κ2) is 13.2. The number of carboxylic acids is 2. The average Bonchev–Trinajstić information content (AvgIpc) is 3.32. The molecule has 0 aliphatic carbocycles. The van der Waals surface area contributed by atoms with Crippen molar-refractivity contribution in [2.45, 2.75) is 44.8 Å². The first-order chi connectivity index (χ1) is 20.0. The number of nitrogens with one attached hydrogen (secondary N) is 1. The fourth-order valence-corrected chi connectivity index (χ4v) is 5.72. The normalized spacial score (nSPS) is 19.9. The van der Waals surface area contributed by atoms with Gasteiger partial charge in [-0.2, -0.15) is 0 Å². The number of benzene rings is 2. The van der Waals surface area contributed by atoms with Crippen LogP contribution in [-0.4, -0.2) is 66.4 Å². The van der Waals surface area contributed by atoms with Gasteiger partial charge in [-0.15, -0.1) is 5.48 Å². The maximum absolute atomic E-state index is 13.9. The van der Waals surface area contributed by atoms with Crippen molar-refractivity contribution >= 4 is 17.9 Å². The molecule has 11 nitrogen and oxygen atoms in total. The molecule has 0 spiro atoms. The van der Waals surface area contributed by atoms with Gasteiger partial charge in [-0.05, 0) is 75.0 Å². The molecule has 2 aromatic carbocycles. The predicted octanol–water partition coefficient (Wildman–Crippen LogP) is 3.83. The number of aliphatic carboxylic acids is 2. The highest BCUT2D eigenvalue weighted by atomic mass is 19.1. The standard InChI is InChI=1S/C30H35FN2O9/c1-18(41-19(2)34)20-5-8-25(27(15-20)39-3)40-14-4-11-33-12-9-21(10-13-33)30(24(29(37)38)17-28(35)36)23-7-6-22(31)16-26(23)42-32-30/h5-8,15-18,21,32H,4,9-14H2,1-3H3,(H,35,36)(H,37,38)/b24-17-. The Kier molecular flexibility index (Phi) is 9.69. The first kappa shape index (κ1) is 30.8. The van der Waals surface area contributed by atoms with Crippen LogP contribution in [0.25, 0.3) is 0 Å². The number of hydrogen-bond donors (Lipinski definition) is 3. The van der Waals surface area contributed by atoms with Gasteiger partial charge in [0.25, 0.3) is 0 Å². The van der Waals surface area contributed by atoms with Crippen molar-refractivity contribution in [3.8, 4) is 17.2 Å². The Bertz CT molecular complexity index is 1360. The van der Waals surface area contributed by atoms with E-state index in [0.29, 0.717) is 62.1 Å². The predicted molar refractivity (Wildman–Crippen MR) is 148 cm³/mol. The first-order valence-electron chi connectivity index (χ1n) is 13.7. The van der Waals surface area contributed by atoms with Gasteiger partial charge in [0.15, 0.2) is 17.2 Å². The van der Waals surface area contributed by atoms with Crippen LogP contribution in [-0.2, 0) is 24.7 Å². The Balaban J connectivity index is 1.38. The van der Waals surface area contributed by atoms with Gasteiger partial charge in [-0.25, -0.2) is 14.0 Å². The van der Waals surface area contributed by atoms with Gasteiger partial charge in [0, 0.05) is 31.2 Å². The van der Waals surface area contributed by atoms with Crippen molar-refractivity contribution in [2.24, 2.45) is 5.92 Å². The molecule has 0 radical (unpaired) electrons. The highest BCUT2D eigenvalue weighted by Gasteiger charge is 2.53. The zero-order valence-corrected chi connectivity index (χ0v) is 23.7. The molecule has 1 fully saturated rings. The van der Waals surface area contributed by atoms with Gasteiger partial charge < -0.3 is 34.2 Å². The molecule has 2 unspecified atom stereocenters. The van der Waals surface area contributed by atoms with E-state index in [1.807, 2.05) is 6.07 Å². The molecule has 2 aromatic rings. The number of piperidine rings is 1. The van der Waals surface area contributed by atoms with Crippen molar-refractivity contribution in [3.63, 3.8) is 0 Å². The second-order valence-electron chi connectivity index (χ2n) is 10.3. The molecular weight excluding hydrogens is 551 g/mol. The average molecular weight is 587 g/mol. The molecule has 0 bridgehead atoms. The van der Waals surface area contributed by atoms with Gasteiger partial charge in [0.1, 0.15) is 17.5 Å². The number of rotatable bonds is 12. The quantitative estimate of drug-likeness (QED) is 0.190. The number of ether oxygens (including phenoxy) is 3. The molecule has 0 saturated carbocycles. The maximum Gasteiger partial charge on any atom is 0.334 e. The number of esters is 1. The minimum absolute atomic E-state index is 0.136. The lowest BCUT2D eigenvalue weighted by atomic mass is 9.69. The first-order valence-corrected chi connectivity index (χ1v) is 13.7. The minimum atomic E-state index is -1.45. The van der Waals surface area contributed by atoms with Crippen LogP contribution in [0.4, 0.5) is 4.39 Å². The van der Waals surface area contributed by atoms with E-state index in [-0.39, 0.29) is 23.2 Å². The van der Waals surface area contributed by atoms with E-state index in [4.69, 9.17) is 19.0 Å². The molecule has 226 valence electrons. The van der Waals surface area contributed by atoms with Crippen molar-refractivity contribution in [2.75, 3.05) is 33.4 Å². The lowest BCUT2D eigenvalue weighted by Crippen LogP contribution is -2.53. The van der Waals surface area contributed by atoms with E-state index in [2.05, 4.69) is 10.4 Å². The lowest BCUT2D eigenvalue weighted by Gasteiger charge is -2.42. The summed E-state index contributed by atoms with van der Waals surface area (Å²) in [6, 6.07) is 9.20. The monoisotopic (exact) mass is 586 g/mol. The van der Waals surface area contributed by atoms with Crippen molar-refractivity contribution in [3.05, 3.63) is 65.0 Å². The van der Waals surface area contributed by atoms with Crippen molar-refractivity contribution in [1.82, 2.24) is 10.4 Å². The molecule has 1 saturated heterocycles. The highest BCUT2D eigenvalue weighted by molar-refractivity contribution is 5.97. The van der Waals surface area contributed by atoms with Crippen molar-refractivity contribution < 1.29 is 48.0 Å². The Morgan fingerprint density at radius 2 is 1.90 bits per heavy atom. The Morgan fingerprint density at radius 1 is 1.17 bits per heavy atom. The largest absolute Gasteiger partial charge is 0.493 e. The molecule has 2 atom stereocenters. The molecule has 4 rings (SSSR count). The third kappa shape index (κ3) is 6.66. The molecule has 42 heavy (non-hydrogen) atoms. The van der Waals surface area contributed by atoms with Crippen LogP contribution in [0.5, 0.6) is 17.2 Å². The van der Waals surface area contributed by atoms with Gasteiger partial charge in [-0.1, -0.05) is 6.07 Å². The fraction of sp³-hybridized carbons (Fsp3) is 0.433. The van der Waals surface area contributed by atoms with E-state index in [1.165, 1.54) is 19.1 Å². The Labute approximate surface area is 242 Å². The van der Waals surface area contributed by atoms with Gasteiger partial charge in [0.2, 0.25) is 0 Å². The topological polar surface area (TPSA) is 144 Å². The number of methoxy groups -OCH3 is 1. The van der Waals surface area contributed by atoms with Crippen LogP contribution < -0.4 is 19.8 Å². The van der Waals surface area contributed by atoms with Crippen LogP contribution in [0.2, 0.25) is 0 Å². The van der Waals surface area contributed by atoms with E-state index >= 15 is 0 Å². The van der Waals surface area contributed by atoms with Crippen LogP contribution in [0, 0.1) is 11.7 Å². The molecule has 2 heterocycles. The van der Waals surface area contributed by atoms with E-state index in [1.54, 1.807) is 26.2 Å². The number of halogens is 1. The smallest absolute Gasteiger partial charge is 0.334 e. The Hall–Kier alpha value is -4.16. The summed E-state index contributed by atoms with van der Waals surface area (Å²) in [5.41, 5.74) is 2.15. The van der Waals surface area contributed by atoms with Gasteiger partial charge in [-0.3, -0.25) is 4.79 Å². The minimum Gasteiger partial charge on any atom is -0.493 e. The third-order valence-corrected chi connectivity index (χ3v) is 7.69. The number of likely N-dealkylation sites (tertiary alicyclic amines) is 1. The van der Waals surface area contributed by atoms with Crippen molar-refractivity contribution in [1.29, 1.82) is 0 Å². The summed E-state index contributed by atoms with van der Waals surface area (Å²) in [7, 11) is 1.54. The third-order valence-electron chi connectivity index (χ3n) is 7.69. The molecule has 0 aromatic heterocycles. The van der Waals surface area contributed by atoms with Gasteiger partial charge in [0.05, 0.1) is 19.3 Å². The number of fused-ring (bicyclic) bond motifs is 1. The number of hydrogen-bond acceptors (Lipinski definition) is 9. The lowest BCUT2D eigenvalue weighted by molar-refractivity contribution is -0.145. The Morgan fingerprint density at radius 3 is 2.55 bits per heavy atom. The molecule has 3 N–H and O–H groups in total. The summed E-state index contributed by atoms with van der Waals surface area (Å²) >= 11 is 0. The van der Waals surface area contributed by atoms with E-state index in [9.17, 15) is 29.0 Å². The van der Waals surface area contributed by atoms with E-state index in [0.717, 1.165) is 18.2 Å². The molecule has 0 amide bonds. The SMILES string of the molecule is COc1cc(C(C)OC(C)=O)ccc1OCCCN1CCC(C2(/C(=C\C(=O)O)C(=O)O)NOc3cc(F)ccc32)CC1. The van der Waals surface area contributed by atoms with Crippen LogP contribution in [0.3, 0.4) is 0 Å². The summed E-state index contributed by atoms with van der Waals surface area (Å²) in [6.07, 6.45) is 2.08. The molecule has 2 aliphatic heterocycles. The van der Waals surface area contributed by atoms with Crippen LogP contribution in [0.1, 0.15) is 50.3 Å². The number of carboxylic acid groups (broad SMARTS) is 2. The summed E-state index contributed by atoms with van der Waals surface area (Å²) in [5.74, 6) is -2.78. The number of nitrogens with zero attached hydrogens (tertiary/aromatic N) is 1.